The number of amides is 1. The molecule has 4 heteroatoms. The first-order valence-electron chi connectivity index (χ1n) is 4.86. The second-order valence-corrected chi connectivity index (χ2v) is 4.61. The Morgan fingerprint density at radius 3 is 3.07 bits per heavy atom. The van der Waals surface area contributed by atoms with E-state index < -0.39 is 0 Å². The highest BCUT2D eigenvalue weighted by atomic mass is 32.1. The molecule has 0 aromatic carbocycles. The second kappa shape index (κ2) is 3.61. The molecule has 2 unspecified atom stereocenters. The van der Waals surface area contributed by atoms with E-state index in [0.29, 0.717) is 22.5 Å². The lowest BCUT2D eigenvalue weighted by molar-refractivity contribution is 0.0954. The zero-order chi connectivity index (χ0) is 10.1. The molecule has 14 heavy (non-hydrogen) atoms. The van der Waals surface area contributed by atoms with E-state index in [-0.39, 0.29) is 5.91 Å². The lowest BCUT2D eigenvalue weighted by Gasteiger charge is -2.02. The van der Waals surface area contributed by atoms with Gasteiger partial charge in [0.1, 0.15) is 4.88 Å². The highest BCUT2D eigenvalue weighted by Gasteiger charge is 2.36. The van der Waals surface area contributed by atoms with E-state index in [9.17, 15) is 4.79 Å². The molecular weight excluding hydrogens is 196 g/mol. The van der Waals surface area contributed by atoms with Gasteiger partial charge >= 0.3 is 0 Å². The quantitative estimate of drug-likeness (QED) is 0.800. The SMILES string of the molecule is CCC1CC1NC(=O)c1sccc1N. The fourth-order valence-corrected chi connectivity index (χ4v) is 2.33. The van der Waals surface area contributed by atoms with E-state index in [4.69, 9.17) is 5.73 Å². The molecule has 1 amide bonds. The maximum atomic E-state index is 11.7. The summed E-state index contributed by atoms with van der Waals surface area (Å²) in [7, 11) is 0. The van der Waals surface area contributed by atoms with Crippen molar-refractivity contribution in [3.63, 3.8) is 0 Å². The van der Waals surface area contributed by atoms with Gasteiger partial charge in [-0.2, -0.15) is 0 Å². The van der Waals surface area contributed by atoms with Crippen LogP contribution < -0.4 is 11.1 Å². The third kappa shape index (κ3) is 1.75. The Balaban J connectivity index is 1.94. The van der Waals surface area contributed by atoms with Crippen LogP contribution in [0.15, 0.2) is 11.4 Å². The summed E-state index contributed by atoms with van der Waals surface area (Å²) < 4.78 is 0. The lowest BCUT2D eigenvalue weighted by Crippen LogP contribution is -2.26. The van der Waals surface area contributed by atoms with Gasteiger partial charge in [0.2, 0.25) is 0 Å². The molecule has 0 saturated heterocycles. The summed E-state index contributed by atoms with van der Waals surface area (Å²) in [5.41, 5.74) is 6.24. The number of thiophene rings is 1. The van der Waals surface area contributed by atoms with Crippen LogP contribution in [-0.4, -0.2) is 11.9 Å². The molecule has 76 valence electrons. The molecule has 2 rings (SSSR count). The second-order valence-electron chi connectivity index (χ2n) is 3.69. The number of anilines is 1. The summed E-state index contributed by atoms with van der Waals surface area (Å²) >= 11 is 1.40. The number of nitrogens with two attached hydrogens (primary N) is 1. The average Bonchev–Trinajstić information content (AvgIpc) is 2.77. The molecule has 0 spiro atoms. The Kier molecular flexibility index (Phi) is 2.46. The molecule has 1 aromatic rings. The van der Waals surface area contributed by atoms with Gasteiger partial charge in [-0.15, -0.1) is 11.3 Å². The molecule has 1 aromatic heterocycles. The molecule has 1 aliphatic carbocycles. The first kappa shape index (κ1) is 9.52. The number of carbonyl (C=O) groups is 1. The standard InChI is InChI=1S/C10H14N2OS/c1-2-6-5-8(6)12-10(13)9-7(11)3-4-14-9/h3-4,6,8H,2,5,11H2,1H3,(H,12,13). The van der Waals surface area contributed by atoms with Gasteiger partial charge in [-0.25, -0.2) is 0 Å². The molecule has 0 aliphatic heterocycles. The molecule has 1 fully saturated rings. The van der Waals surface area contributed by atoms with Crippen LogP contribution in [0.2, 0.25) is 0 Å². The average molecular weight is 210 g/mol. The molecule has 1 saturated carbocycles. The first-order chi connectivity index (χ1) is 6.72. The number of rotatable bonds is 3. The van der Waals surface area contributed by atoms with Crippen molar-refractivity contribution in [2.24, 2.45) is 5.92 Å². The lowest BCUT2D eigenvalue weighted by atomic mass is 10.3. The minimum absolute atomic E-state index is 0.0153. The monoisotopic (exact) mass is 210 g/mol. The fourth-order valence-electron chi connectivity index (χ4n) is 1.61. The van der Waals surface area contributed by atoms with E-state index in [2.05, 4.69) is 12.2 Å². The molecule has 0 bridgehead atoms. The van der Waals surface area contributed by atoms with Gasteiger partial charge < -0.3 is 11.1 Å². The number of nitrogens with one attached hydrogen (secondary N) is 1. The van der Waals surface area contributed by atoms with Crippen molar-refractivity contribution < 1.29 is 4.79 Å². The maximum Gasteiger partial charge on any atom is 0.263 e. The molecule has 2 atom stereocenters. The first-order valence-corrected chi connectivity index (χ1v) is 5.74. The highest BCUT2D eigenvalue weighted by Crippen LogP contribution is 2.33. The van der Waals surface area contributed by atoms with Crippen molar-refractivity contribution in [1.82, 2.24) is 5.32 Å². The molecule has 3 N–H and O–H groups in total. The van der Waals surface area contributed by atoms with Crippen LogP contribution in [0.4, 0.5) is 5.69 Å². The van der Waals surface area contributed by atoms with Crippen LogP contribution in [0.5, 0.6) is 0 Å². The summed E-state index contributed by atoms with van der Waals surface area (Å²) in [5, 5.41) is 4.83. The van der Waals surface area contributed by atoms with Crippen molar-refractivity contribution in [3.05, 3.63) is 16.3 Å². The Labute approximate surface area is 87.3 Å². The minimum Gasteiger partial charge on any atom is -0.397 e. The van der Waals surface area contributed by atoms with Crippen LogP contribution in [0.3, 0.4) is 0 Å². The number of hydrogen-bond acceptors (Lipinski definition) is 3. The zero-order valence-electron chi connectivity index (χ0n) is 8.12. The van der Waals surface area contributed by atoms with E-state index in [1.807, 2.05) is 5.38 Å². The van der Waals surface area contributed by atoms with Crippen LogP contribution in [0.1, 0.15) is 29.4 Å². The zero-order valence-corrected chi connectivity index (χ0v) is 8.93. The molecule has 3 nitrogen and oxygen atoms in total. The summed E-state index contributed by atoms with van der Waals surface area (Å²) in [6.07, 6.45) is 2.26. The van der Waals surface area contributed by atoms with Crippen molar-refractivity contribution in [3.8, 4) is 0 Å². The third-order valence-electron chi connectivity index (χ3n) is 2.67. The van der Waals surface area contributed by atoms with E-state index >= 15 is 0 Å². The number of nitrogen functional groups attached to an aromatic ring is 1. The predicted molar refractivity (Wildman–Crippen MR) is 58.4 cm³/mol. The van der Waals surface area contributed by atoms with Crippen molar-refractivity contribution in [2.75, 3.05) is 5.73 Å². The summed E-state index contributed by atoms with van der Waals surface area (Å²) in [6.45, 7) is 2.15. The number of hydrogen-bond donors (Lipinski definition) is 2. The van der Waals surface area contributed by atoms with Gasteiger partial charge in [-0.1, -0.05) is 13.3 Å². The largest absolute Gasteiger partial charge is 0.397 e. The molecule has 1 aliphatic rings. The van der Waals surface area contributed by atoms with E-state index in [1.165, 1.54) is 11.3 Å². The smallest absolute Gasteiger partial charge is 0.263 e. The Hall–Kier alpha value is -1.03. The van der Waals surface area contributed by atoms with E-state index in [1.54, 1.807) is 6.07 Å². The van der Waals surface area contributed by atoms with Gasteiger partial charge in [0.15, 0.2) is 0 Å². The van der Waals surface area contributed by atoms with Crippen molar-refractivity contribution in [1.29, 1.82) is 0 Å². The van der Waals surface area contributed by atoms with E-state index in [0.717, 1.165) is 12.8 Å². The maximum absolute atomic E-state index is 11.7. The molecule has 1 heterocycles. The van der Waals surface area contributed by atoms with Crippen molar-refractivity contribution >= 4 is 22.9 Å². The van der Waals surface area contributed by atoms with Crippen LogP contribution in [-0.2, 0) is 0 Å². The summed E-state index contributed by atoms with van der Waals surface area (Å²) in [6, 6.07) is 2.15. The van der Waals surface area contributed by atoms with Crippen molar-refractivity contribution in [2.45, 2.75) is 25.8 Å². The molecule has 0 radical (unpaired) electrons. The van der Waals surface area contributed by atoms with Gasteiger partial charge in [0.25, 0.3) is 5.91 Å². The highest BCUT2D eigenvalue weighted by molar-refractivity contribution is 7.12. The van der Waals surface area contributed by atoms with Gasteiger partial charge in [-0.3, -0.25) is 4.79 Å². The van der Waals surface area contributed by atoms with Gasteiger partial charge in [0.05, 0.1) is 5.69 Å². The van der Waals surface area contributed by atoms with Gasteiger partial charge in [0, 0.05) is 6.04 Å². The van der Waals surface area contributed by atoms with Crippen LogP contribution in [0, 0.1) is 5.92 Å². The topological polar surface area (TPSA) is 55.1 Å². The Bertz CT molecular complexity index is 348. The summed E-state index contributed by atoms with van der Waals surface area (Å²) in [5.74, 6) is 0.665. The normalized spacial score (nSPS) is 24.6. The van der Waals surface area contributed by atoms with Gasteiger partial charge in [-0.05, 0) is 23.8 Å². The fraction of sp³-hybridized carbons (Fsp3) is 0.500. The Morgan fingerprint density at radius 1 is 1.79 bits per heavy atom. The molecular formula is C10H14N2OS. The Morgan fingerprint density at radius 2 is 2.57 bits per heavy atom. The predicted octanol–water partition coefficient (Wildman–Crippen LogP) is 1.86. The van der Waals surface area contributed by atoms with Crippen LogP contribution >= 0.6 is 11.3 Å². The third-order valence-corrected chi connectivity index (χ3v) is 3.59. The summed E-state index contributed by atoms with van der Waals surface area (Å²) in [4.78, 5) is 12.3. The van der Waals surface area contributed by atoms with Crippen LogP contribution in [0.25, 0.3) is 0 Å². The minimum atomic E-state index is -0.0153. The number of carbonyl (C=O) groups excluding carboxylic acids is 1.